The molecule has 1 aromatic heterocycles. The average molecular weight is 379 g/mol. The second-order valence-electron chi connectivity index (χ2n) is 7.74. The summed E-state index contributed by atoms with van der Waals surface area (Å²) < 4.78 is 6.84. The molecule has 2 aromatic carbocycles. The standard InChI is InChI=1S/C22H25N3O3/c1-13-7-8-15(11-16(13)12-26)19(22(3,4)21(27)28-6)17-9-10-18-20(14(17)2)23-24-25(18)5/h7-12,19H,1-6H3. The molecule has 0 bridgehead atoms. The minimum absolute atomic E-state index is 0.314. The highest BCUT2D eigenvalue weighted by molar-refractivity contribution is 5.83. The number of fused-ring (bicyclic) bond motifs is 1. The van der Waals surface area contributed by atoms with Crippen molar-refractivity contribution in [3.63, 3.8) is 0 Å². The van der Waals surface area contributed by atoms with Gasteiger partial charge in [0.1, 0.15) is 11.8 Å². The van der Waals surface area contributed by atoms with Crippen LogP contribution in [0, 0.1) is 19.3 Å². The van der Waals surface area contributed by atoms with Gasteiger partial charge in [0.25, 0.3) is 0 Å². The van der Waals surface area contributed by atoms with E-state index in [-0.39, 0.29) is 11.9 Å². The number of aldehydes is 1. The van der Waals surface area contributed by atoms with Crippen molar-refractivity contribution in [1.82, 2.24) is 15.0 Å². The van der Waals surface area contributed by atoms with Crippen molar-refractivity contribution in [2.24, 2.45) is 12.5 Å². The molecule has 6 nitrogen and oxygen atoms in total. The normalized spacial score (nSPS) is 12.8. The van der Waals surface area contributed by atoms with E-state index in [1.54, 1.807) is 4.68 Å². The van der Waals surface area contributed by atoms with Crippen LogP contribution in [-0.2, 0) is 16.6 Å². The molecule has 0 N–H and O–H groups in total. The van der Waals surface area contributed by atoms with E-state index in [9.17, 15) is 9.59 Å². The Morgan fingerprint density at radius 2 is 1.93 bits per heavy atom. The van der Waals surface area contributed by atoms with Gasteiger partial charge in [-0.1, -0.05) is 23.4 Å². The van der Waals surface area contributed by atoms with Gasteiger partial charge < -0.3 is 4.74 Å². The summed E-state index contributed by atoms with van der Waals surface area (Å²) in [5.74, 6) is -0.630. The molecule has 1 atom stereocenters. The average Bonchev–Trinajstić information content (AvgIpc) is 3.05. The third-order valence-electron chi connectivity index (χ3n) is 5.59. The van der Waals surface area contributed by atoms with Crippen LogP contribution in [0.1, 0.15) is 52.4 Å². The monoisotopic (exact) mass is 379 g/mol. The van der Waals surface area contributed by atoms with E-state index < -0.39 is 5.41 Å². The molecule has 1 heterocycles. The molecule has 3 aromatic rings. The SMILES string of the molecule is COC(=O)C(C)(C)C(c1ccc(C)c(C=O)c1)c1ccc2c(nnn2C)c1C. The third kappa shape index (κ3) is 3.09. The molecule has 3 rings (SSSR count). The second kappa shape index (κ2) is 7.19. The predicted molar refractivity (Wildman–Crippen MR) is 107 cm³/mol. The van der Waals surface area contributed by atoms with Crippen molar-refractivity contribution >= 4 is 23.3 Å². The highest BCUT2D eigenvalue weighted by atomic mass is 16.5. The van der Waals surface area contributed by atoms with E-state index in [4.69, 9.17) is 4.74 Å². The van der Waals surface area contributed by atoms with Crippen LogP contribution in [0.3, 0.4) is 0 Å². The van der Waals surface area contributed by atoms with E-state index in [1.165, 1.54) is 7.11 Å². The van der Waals surface area contributed by atoms with Crippen LogP contribution in [0.5, 0.6) is 0 Å². The molecule has 146 valence electrons. The summed E-state index contributed by atoms with van der Waals surface area (Å²) in [5.41, 5.74) is 5.18. The minimum Gasteiger partial charge on any atom is -0.469 e. The Morgan fingerprint density at radius 3 is 2.57 bits per heavy atom. The molecule has 0 aliphatic rings. The summed E-state index contributed by atoms with van der Waals surface area (Å²) >= 11 is 0. The Bertz CT molecular complexity index is 1070. The molecular weight excluding hydrogens is 354 g/mol. The lowest BCUT2D eigenvalue weighted by Crippen LogP contribution is -2.34. The summed E-state index contributed by atoms with van der Waals surface area (Å²) in [6, 6.07) is 9.72. The van der Waals surface area contributed by atoms with Crippen molar-refractivity contribution in [2.75, 3.05) is 7.11 Å². The maximum Gasteiger partial charge on any atom is 0.312 e. The fourth-order valence-electron chi connectivity index (χ4n) is 3.89. The zero-order valence-electron chi connectivity index (χ0n) is 17.1. The van der Waals surface area contributed by atoms with Crippen LogP contribution in [-0.4, -0.2) is 34.4 Å². The molecule has 6 heteroatoms. The van der Waals surface area contributed by atoms with Crippen molar-refractivity contribution < 1.29 is 14.3 Å². The van der Waals surface area contributed by atoms with Crippen LogP contribution >= 0.6 is 0 Å². The van der Waals surface area contributed by atoms with Crippen molar-refractivity contribution in [3.05, 3.63) is 58.1 Å². The number of nitrogens with zero attached hydrogens (tertiary/aromatic N) is 3. The van der Waals surface area contributed by atoms with E-state index in [0.29, 0.717) is 5.56 Å². The van der Waals surface area contributed by atoms with E-state index in [0.717, 1.165) is 39.6 Å². The Morgan fingerprint density at radius 1 is 1.21 bits per heavy atom. The molecule has 0 saturated carbocycles. The van der Waals surface area contributed by atoms with Crippen LogP contribution < -0.4 is 0 Å². The topological polar surface area (TPSA) is 74.1 Å². The molecule has 28 heavy (non-hydrogen) atoms. The lowest BCUT2D eigenvalue weighted by atomic mass is 9.69. The van der Waals surface area contributed by atoms with Gasteiger partial charge >= 0.3 is 5.97 Å². The first-order chi connectivity index (χ1) is 13.2. The van der Waals surface area contributed by atoms with Gasteiger partial charge in [-0.05, 0) is 62.1 Å². The molecular formula is C22H25N3O3. The van der Waals surface area contributed by atoms with Gasteiger partial charge in [0, 0.05) is 18.5 Å². The number of hydrogen-bond donors (Lipinski definition) is 0. The van der Waals surface area contributed by atoms with Crippen molar-refractivity contribution in [2.45, 2.75) is 33.6 Å². The maximum atomic E-state index is 12.7. The lowest BCUT2D eigenvalue weighted by Gasteiger charge is -2.34. The van der Waals surface area contributed by atoms with Crippen LogP contribution in [0.2, 0.25) is 0 Å². The summed E-state index contributed by atoms with van der Waals surface area (Å²) in [7, 11) is 3.24. The molecule has 1 unspecified atom stereocenters. The number of hydrogen-bond acceptors (Lipinski definition) is 5. The number of aryl methyl sites for hydroxylation is 3. The number of rotatable bonds is 5. The number of carbonyl (C=O) groups excluding carboxylic acids is 2. The van der Waals surface area contributed by atoms with Gasteiger partial charge in [-0.15, -0.1) is 5.10 Å². The van der Waals surface area contributed by atoms with Gasteiger partial charge in [-0.25, -0.2) is 4.68 Å². The van der Waals surface area contributed by atoms with E-state index in [1.807, 2.05) is 65.1 Å². The van der Waals surface area contributed by atoms with Crippen molar-refractivity contribution in [1.29, 1.82) is 0 Å². The van der Waals surface area contributed by atoms with Gasteiger partial charge in [0.15, 0.2) is 0 Å². The molecule has 0 saturated heterocycles. The summed E-state index contributed by atoms with van der Waals surface area (Å²) in [6.45, 7) is 7.61. The molecule has 0 fully saturated rings. The lowest BCUT2D eigenvalue weighted by molar-refractivity contribution is -0.151. The Balaban J connectivity index is 2.30. The number of carbonyl (C=O) groups is 2. The summed E-state index contributed by atoms with van der Waals surface area (Å²) in [5, 5.41) is 8.40. The first-order valence-corrected chi connectivity index (χ1v) is 9.15. The Hall–Kier alpha value is -3.02. The zero-order valence-corrected chi connectivity index (χ0v) is 17.1. The van der Waals surface area contributed by atoms with Crippen LogP contribution in [0.15, 0.2) is 30.3 Å². The smallest absolute Gasteiger partial charge is 0.312 e. The number of aromatic nitrogens is 3. The first-order valence-electron chi connectivity index (χ1n) is 9.15. The highest BCUT2D eigenvalue weighted by Gasteiger charge is 2.41. The quantitative estimate of drug-likeness (QED) is 0.499. The molecule has 0 spiro atoms. The zero-order chi connectivity index (χ0) is 20.6. The fourth-order valence-corrected chi connectivity index (χ4v) is 3.89. The first kappa shape index (κ1) is 19.7. The highest BCUT2D eigenvalue weighted by Crippen LogP contribution is 2.44. The Kier molecular flexibility index (Phi) is 5.06. The second-order valence-corrected chi connectivity index (χ2v) is 7.74. The minimum atomic E-state index is -0.856. The molecule has 0 aliphatic carbocycles. The van der Waals surface area contributed by atoms with E-state index >= 15 is 0 Å². The molecule has 0 aliphatic heterocycles. The van der Waals surface area contributed by atoms with Crippen molar-refractivity contribution in [3.8, 4) is 0 Å². The van der Waals surface area contributed by atoms with Crippen LogP contribution in [0.25, 0.3) is 11.0 Å². The number of methoxy groups -OCH3 is 1. The van der Waals surface area contributed by atoms with Gasteiger partial charge in [0.05, 0.1) is 18.0 Å². The molecule has 0 amide bonds. The largest absolute Gasteiger partial charge is 0.469 e. The fraction of sp³-hybridized carbons (Fsp3) is 0.364. The van der Waals surface area contributed by atoms with Gasteiger partial charge in [0.2, 0.25) is 0 Å². The summed E-state index contributed by atoms with van der Waals surface area (Å²) in [6.07, 6.45) is 0.847. The van der Waals surface area contributed by atoms with E-state index in [2.05, 4.69) is 10.3 Å². The summed E-state index contributed by atoms with van der Waals surface area (Å²) in [4.78, 5) is 24.2. The third-order valence-corrected chi connectivity index (χ3v) is 5.59. The van der Waals surface area contributed by atoms with Gasteiger partial charge in [-0.2, -0.15) is 0 Å². The number of ether oxygens (including phenoxy) is 1. The Labute approximate surface area is 164 Å². The maximum absolute atomic E-state index is 12.7. The number of esters is 1. The van der Waals surface area contributed by atoms with Gasteiger partial charge in [-0.3, -0.25) is 9.59 Å². The number of benzene rings is 2. The predicted octanol–water partition coefficient (Wildman–Crippen LogP) is 3.73. The molecule has 0 radical (unpaired) electrons. The van der Waals surface area contributed by atoms with Crippen LogP contribution in [0.4, 0.5) is 0 Å².